The molecule has 6 unspecified atom stereocenters. The van der Waals surface area contributed by atoms with Crippen LogP contribution in [0.1, 0.15) is 132 Å². The molecule has 0 heterocycles. The highest BCUT2D eigenvalue weighted by atomic mass is 28.3. The smallest absolute Gasteiger partial charge is 0.0616 e. The Bertz CT molecular complexity index is 771. The second-order valence-corrected chi connectivity index (χ2v) is 18.8. The molecule has 0 bridgehead atoms. The Kier molecular flexibility index (Phi) is 9.85. The van der Waals surface area contributed by atoms with Gasteiger partial charge in [-0.05, 0) is 111 Å². The molecule has 0 aliphatic heterocycles. The first-order chi connectivity index (χ1) is 17.5. The lowest BCUT2D eigenvalue weighted by Crippen LogP contribution is -2.51. The molecule has 213 valence electrons. The maximum atomic E-state index is 6.69. The Morgan fingerprint density at radius 2 is 1.65 bits per heavy atom. The third kappa shape index (κ3) is 6.31. The monoisotopic (exact) mass is 527 g/mol. The van der Waals surface area contributed by atoms with E-state index in [0.29, 0.717) is 23.0 Å². The van der Waals surface area contributed by atoms with Crippen LogP contribution in [0.4, 0.5) is 0 Å². The first-order valence-corrected chi connectivity index (χ1v) is 19.2. The van der Waals surface area contributed by atoms with Crippen LogP contribution < -0.4 is 0 Å². The van der Waals surface area contributed by atoms with Gasteiger partial charge in [-0.3, -0.25) is 0 Å². The number of ether oxygens (including phenoxy) is 1. The summed E-state index contributed by atoms with van der Waals surface area (Å²) in [4.78, 5) is 0. The largest absolute Gasteiger partial charge is 0.375 e. The quantitative estimate of drug-likeness (QED) is 0.192. The van der Waals surface area contributed by atoms with E-state index in [2.05, 4.69) is 67.6 Å². The molecule has 2 heteroatoms. The van der Waals surface area contributed by atoms with Crippen molar-refractivity contribution in [1.29, 1.82) is 0 Å². The lowest BCUT2D eigenvalue weighted by Gasteiger charge is -2.58. The van der Waals surface area contributed by atoms with Crippen molar-refractivity contribution in [2.24, 2.45) is 46.3 Å². The van der Waals surface area contributed by atoms with Crippen molar-refractivity contribution in [3.05, 3.63) is 11.6 Å². The molecule has 4 aliphatic rings. The second-order valence-electron chi connectivity index (χ2n) is 15.7. The van der Waals surface area contributed by atoms with Crippen LogP contribution in [-0.4, -0.2) is 21.0 Å². The van der Waals surface area contributed by atoms with Gasteiger partial charge < -0.3 is 4.74 Å². The molecular weight excluding hydrogens is 464 g/mol. The van der Waals surface area contributed by atoms with E-state index in [4.69, 9.17) is 4.74 Å². The Hall–Kier alpha value is -0.0831. The highest BCUT2D eigenvalue weighted by molar-refractivity contribution is 6.57. The van der Waals surface area contributed by atoms with E-state index < -0.39 is 0 Å². The number of allylic oxidation sites excluding steroid dienone is 1. The fourth-order valence-electron chi connectivity index (χ4n) is 9.94. The standard InChI is InChI=1S/C35H63OSi/c1-24(2)11-10-12-25(3)31-17-18-32-30-16-15-28-23-29(36-26(4)13-14-27(5)37(8)9)19-21-34(28,6)33(30)20-22-35(31,32)7/h15,24-27,29-33H,10-14,16-23H2,1-9H3/t25-,26?,27?,29?,30?,31-,32?,33?,34+,35-/m1/s1. The second kappa shape index (κ2) is 12.2. The van der Waals surface area contributed by atoms with Crippen LogP contribution in [0, 0.1) is 46.3 Å². The van der Waals surface area contributed by atoms with Crippen molar-refractivity contribution >= 4 is 8.80 Å². The summed E-state index contributed by atoms with van der Waals surface area (Å²) < 4.78 is 6.69. The van der Waals surface area contributed by atoms with E-state index in [1.807, 2.05) is 0 Å². The third-order valence-electron chi connectivity index (χ3n) is 12.7. The average Bonchev–Trinajstić information content (AvgIpc) is 3.19. The van der Waals surface area contributed by atoms with Crippen molar-refractivity contribution in [1.82, 2.24) is 0 Å². The zero-order valence-corrected chi connectivity index (χ0v) is 27.4. The van der Waals surface area contributed by atoms with Gasteiger partial charge in [0.2, 0.25) is 0 Å². The fraction of sp³-hybridized carbons (Fsp3) is 0.943. The highest BCUT2D eigenvalue weighted by Gasteiger charge is 2.59. The molecule has 0 spiro atoms. The van der Waals surface area contributed by atoms with Crippen molar-refractivity contribution < 1.29 is 4.74 Å². The summed E-state index contributed by atoms with van der Waals surface area (Å²) in [6.07, 6.45) is 21.7. The Balaban J connectivity index is 1.36. The lowest BCUT2D eigenvalue weighted by molar-refractivity contribution is -0.0739. The molecule has 4 aliphatic carbocycles. The van der Waals surface area contributed by atoms with Gasteiger partial charge in [-0.2, -0.15) is 0 Å². The zero-order chi connectivity index (χ0) is 27.0. The summed E-state index contributed by atoms with van der Waals surface area (Å²) in [6, 6.07) is 0. The Labute approximate surface area is 234 Å². The van der Waals surface area contributed by atoms with Crippen LogP contribution >= 0.6 is 0 Å². The molecule has 0 N–H and O–H groups in total. The average molecular weight is 528 g/mol. The first kappa shape index (κ1) is 29.9. The Morgan fingerprint density at radius 3 is 2.35 bits per heavy atom. The molecule has 0 saturated heterocycles. The maximum Gasteiger partial charge on any atom is 0.0616 e. The summed E-state index contributed by atoms with van der Waals surface area (Å²) in [5.41, 5.74) is 3.74. The van der Waals surface area contributed by atoms with Gasteiger partial charge in [0.1, 0.15) is 0 Å². The number of rotatable bonds is 11. The van der Waals surface area contributed by atoms with Crippen molar-refractivity contribution in [3.63, 3.8) is 0 Å². The van der Waals surface area contributed by atoms with E-state index in [0.717, 1.165) is 41.0 Å². The van der Waals surface area contributed by atoms with E-state index in [9.17, 15) is 0 Å². The van der Waals surface area contributed by atoms with Gasteiger partial charge in [-0.25, -0.2) is 0 Å². The molecular formula is C35H63OSi. The van der Waals surface area contributed by atoms with Gasteiger partial charge in [0.15, 0.2) is 0 Å². The number of fused-ring (bicyclic) bond motifs is 5. The van der Waals surface area contributed by atoms with Crippen LogP contribution in [0.15, 0.2) is 11.6 Å². The van der Waals surface area contributed by atoms with Gasteiger partial charge in [-0.15, -0.1) is 0 Å². The van der Waals surface area contributed by atoms with E-state index in [1.165, 1.54) is 83.5 Å². The van der Waals surface area contributed by atoms with Crippen LogP contribution in [0.3, 0.4) is 0 Å². The molecule has 1 nitrogen and oxygen atoms in total. The predicted molar refractivity (Wildman–Crippen MR) is 164 cm³/mol. The fourth-order valence-corrected chi connectivity index (χ4v) is 10.7. The number of hydrogen-bond donors (Lipinski definition) is 0. The maximum absolute atomic E-state index is 6.69. The van der Waals surface area contributed by atoms with Crippen LogP contribution in [-0.2, 0) is 4.74 Å². The minimum Gasteiger partial charge on any atom is -0.375 e. The van der Waals surface area contributed by atoms with Crippen molar-refractivity contribution in [2.75, 3.05) is 0 Å². The molecule has 37 heavy (non-hydrogen) atoms. The Morgan fingerprint density at radius 1 is 0.892 bits per heavy atom. The zero-order valence-electron chi connectivity index (χ0n) is 26.4. The SMILES string of the molecule is CC(C)CCC[C@@H](C)[C@H]1CCC2C3CC=C4CC(OC(C)CCC(C)[Si](C)C)CC[C@]4(C)C3CC[C@@]21C. The minimum atomic E-state index is -0.166. The minimum absolute atomic E-state index is 0.166. The van der Waals surface area contributed by atoms with E-state index >= 15 is 0 Å². The lowest BCUT2D eigenvalue weighted by atomic mass is 9.47. The van der Waals surface area contributed by atoms with Gasteiger partial charge in [0, 0.05) is 8.80 Å². The third-order valence-corrected chi connectivity index (χ3v) is 14.9. The summed E-state index contributed by atoms with van der Waals surface area (Å²) in [7, 11) is -0.166. The molecule has 3 saturated carbocycles. The summed E-state index contributed by atoms with van der Waals surface area (Å²) in [6.45, 7) is 22.5. The predicted octanol–water partition coefficient (Wildman–Crippen LogP) is 10.7. The molecule has 10 atom stereocenters. The van der Waals surface area contributed by atoms with Crippen LogP contribution in [0.2, 0.25) is 18.6 Å². The van der Waals surface area contributed by atoms with Gasteiger partial charge in [0.05, 0.1) is 12.2 Å². The summed E-state index contributed by atoms with van der Waals surface area (Å²) in [5.74, 6) is 5.58. The molecule has 4 rings (SSSR count). The molecule has 3 fully saturated rings. The van der Waals surface area contributed by atoms with Crippen LogP contribution in [0.5, 0.6) is 0 Å². The normalized spacial score (nSPS) is 40.1. The molecule has 0 aromatic rings. The molecule has 0 aromatic heterocycles. The molecule has 0 amide bonds. The summed E-state index contributed by atoms with van der Waals surface area (Å²) in [5, 5.41) is 0. The molecule has 0 aromatic carbocycles. The number of hydrogen-bond acceptors (Lipinski definition) is 1. The first-order valence-electron chi connectivity index (χ1n) is 16.6. The van der Waals surface area contributed by atoms with E-state index in [1.54, 1.807) is 5.57 Å². The van der Waals surface area contributed by atoms with Gasteiger partial charge >= 0.3 is 0 Å². The van der Waals surface area contributed by atoms with E-state index in [-0.39, 0.29) is 8.80 Å². The van der Waals surface area contributed by atoms with Crippen LogP contribution in [0.25, 0.3) is 0 Å². The van der Waals surface area contributed by atoms with Gasteiger partial charge in [0.25, 0.3) is 0 Å². The topological polar surface area (TPSA) is 9.23 Å². The molecule has 1 radical (unpaired) electrons. The summed E-state index contributed by atoms with van der Waals surface area (Å²) >= 11 is 0. The highest BCUT2D eigenvalue weighted by Crippen LogP contribution is 2.67. The van der Waals surface area contributed by atoms with Crippen molar-refractivity contribution in [2.45, 2.75) is 163 Å². The van der Waals surface area contributed by atoms with Gasteiger partial charge in [-0.1, -0.05) is 97.5 Å². The van der Waals surface area contributed by atoms with Crippen molar-refractivity contribution in [3.8, 4) is 0 Å².